The smallest absolute Gasteiger partial charge is 0.300 e. The zero-order valence-corrected chi connectivity index (χ0v) is 6.67. The Morgan fingerprint density at radius 1 is 1.43 bits per heavy atom. The summed E-state index contributed by atoms with van der Waals surface area (Å²) in [5, 5.41) is 3.20. The van der Waals surface area contributed by atoms with Crippen LogP contribution in [0, 0.1) is 0 Å². The largest absolute Gasteiger partial charge is 0.451 e. The summed E-state index contributed by atoms with van der Waals surface area (Å²) in [4.78, 5) is 12.8. The topological polar surface area (TPSA) is 50.2 Å². The Balaban J connectivity index is 2.77. The second kappa shape index (κ2) is 2.60. The van der Waals surface area contributed by atoms with Gasteiger partial charge in [-0.25, -0.2) is 4.52 Å². The van der Waals surface area contributed by atoms with Crippen LogP contribution in [-0.2, 0) is 6.18 Å². The lowest BCUT2D eigenvalue weighted by atomic mass is 10.5. The van der Waals surface area contributed by atoms with Crippen molar-refractivity contribution in [3.8, 4) is 0 Å². The van der Waals surface area contributed by atoms with Crippen molar-refractivity contribution in [2.45, 2.75) is 6.18 Å². The maximum atomic E-state index is 12.2. The number of hydrogen-bond acceptors (Lipinski definition) is 2. The van der Waals surface area contributed by atoms with Crippen molar-refractivity contribution >= 4 is 5.52 Å². The lowest BCUT2D eigenvalue weighted by Gasteiger charge is -2.04. The van der Waals surface area contributed by atoms with Crippen molar-refractivity contribution in [3.63, 3.8) is 0 Å². The average molecular weight is 203 g/mol. The Kier molecular flexibility index (Phi) is 1.63. The average Bonchev–Trinajstić information content (AvgIpc) is 2.50. The quantitative estimate of drug-likeness (QED) is 0.695. The van der Waals surface area contributed by atoms with E-state index in [1.165, 1.54) is 18.3 Å². The van der Waals surface area contributed by atoms with Gasteiger partial charge in [-0.2, -0.15) is 13.2 Å². The van der Waals surface area contributed by atoms with Gasteiger partial charge >= 0.3 is 6.18 Å². The molecule has 0 aliphatic rings. The number of aromatic nitrogens is 3. The molecule has 0 bridgehead atoms. The molecule has 0 atom stereocenters. The van der Waals surface area contributed by atoms with Gasteiger partial charge < -0.3 is 0 Å². The van der Waals surface area contributed by atoms with Crippen LogP contribution in [0.5, 0.6) is 0 Å². The van der Waals surface area contributed by atoms with Gasteiger partial charge in [-0.3, -0.25) is 9.78 Å². The number of rotatable bonds is 0. The standard InChI is InChI=1S/C7H4F3N3O/c8-7(9,10)6-11-5(14)4-2-1-3-13(4)12-6/h1-3H,(H,11,12,14). The van der Waals surface area contributed by atoms with Crippen LogP contribution in [0.3, 0.4) is 0 Å². The first kappa shape index (κ1) is 8.79. The number of nitrogens with one attached hydrogen (secondary N) is 1. The highest BCUT2D eigenvalue weighted by molar-refractivity contribution is 5.43. The molecule has 2 aromatic heterocycles. The molecular weight excluding hydrogens is 199 g/mol. The fraction of sp³-hybridized carbons (Fsp3) is 0.143. The van der Waals surface area contributed by atoms with Crippen LogP contribution in [0.4, 0.5) is 13.2 Å². The highest BCUT2D eigenvalue weighted by atomic mass is 19.4. The molecule has 2 heterocycles. The number of hydrogen-bond donors (Lipinski definition) is 1. The summed E-state index contributed by atoms with van der Waals surface area (Å²) in [6.45, 7) is 0. The number of nitrogens with zero attached hydrogens (tertiary/aromatic N) is 2. The highest BCUT2D eigenvalue weighted by Gasteiger charge is 2.34. The zero-order chi connectivity index (χ0) is 10.3. The molecule has 0 saturated heterocycles. The first-order chi connectivity index (χ1) is 6.48. The van der Waals surface area contributed by atoms with Crippen molar-refractivity contribution in [3.05, 3.63) is 34.5 Å². The van der Waals surface area contributed by atoms with Gasteiger partial charge in [-0.1, -0.05) is 0 Å². The highest BCUT2D eigenvalue weighted by Crippen LogP contribution is 2.24. The van der Waals surface area contributed by atoms with E-state index in [0.717, 1.165) is 4.52 Å². The van der Waals surface area contributed by atoms with Gasteiger partial charge in [0, 0.05) is 6.20 Å². The summed E-state index contributed by atoms with van der Waals surface area (Å²) in [6, 6.07) is 2.82. The van der Waals surface area contributed by atoms with Crippen molar-refractivity contribution in [1.82, 2.24) is 14.6 Å². The third-order valence-electron chi connectivity index (χ3n) is 1.67. The van der Waals surface area contributed by atoms with Crippen molar-refractivity contribution < 1.29 is 13.2 Å². The third-order valence-corrected chi connectivity index (χ3v) is 1.67. The van der Waals surface area contributed by atoms with Crippen molar-refractivity contribution in [2.24, 2.45) is 0 Å². The lowest BCUT2D eigenvalue weighted by molar-refractivity contribution is -0.145. The Labute approximate surface area is 75.0 Å². The van der Waals surface area contributed by atoms with Gasteiger partial charge in [-0.05, 0) is 12.1 Å². The van der Waals surface area contributed by atoms with Gasteiger partial charge in [0.1, 0.15) is 5.52 Å². The van der Waals surface area contributed by atoms with E-state index >= 15 is 0 Å². The van der Waals surface area contributed by atoms with E-state index in [1.807, 2.05) is 0 Å². The number of fused-ring (bicyclic) bond motifs is 1. The summed E-state index contributed by atoms with van der Waals surface area (Å²) >= 11 is 0. The van der Waals surface area contributed by atoms with E-state index in [1.54, 1.807) is 4.98 Å². The van der Waals surface area contributed by atoms with E-state index in [9.17, 15) is 18.0 Å². The summed E-state index contributed by atoms with van der Waals surface area (Å²) < 4.78 is 37.4. The molecule has 0 aromatic carbocycles. The minimum atomic E-state index is -4.64. The maximum Gasteiger partial charge on any atom is 0.451 e. The molecule has 74 valence electrons. The van der Waals surface area contributed by atoms with Crippen LogP contribution in [-0.4, -0.2) is 14.6 Å². The van der Waals surface area contributed by atoms with Gasteiger partial charge in [0.25, 0.3) is 5.56 Å². The second-order valence-corrected chi connectivity index (χ2v) is 2.64. The number of alkyl halides is 3. The van der Waals surface area contributed by atoms with Crippen molar-refractivity contribution in [2.75, 3.05) is 0 Å². The molecule has 4 nitrogen and oxygen atoms in total. The molecule has 2 aromatic rings. The fourth-order valence-corrected chi connectivity index (χ4v) is 1.07. The van der Waals surface area contributed by atoms with E-state index in [0.29, 0.717) is 0 Å². The summed E-state index contributed by atoms with van der Waals surface area (Å²) in [7, 11) is 0. The van der Waals surface area contributed by atoms with Crippen molar-refractivity contribution in [1.29, 1.82) is 0 Å². The second-order valence-electron chi connectivity index (χ2n) is 2.64. The van der Waals surface area contributed by atoms with Crippen LogP contribution in [0.15, 0.2) is 23.1 Å². The number of halogens is 3. The monoisotopic (exact) mass is 203 g/mol. The lowest BCUT2D eigenvalue weighted by Crippen LogP contribution is -2.21. The van der Waals surface area contributed by atoms with Gasteiger partial charge in [0.2, 0.25) is 5.82 Å². The van der Waals surface area contributed by atoms with Gasteiger partial charge in [0.15, 0.2) is 0 Å². The molecule has 14 heavy (non-hydrogen) atoms. The summed E-state index contributed by atoms with van der Waals surface area (Å²) in [5.41, 5.74) is -0.727. The molecule has 7 heteroatoms. The Bertz CT molecular complexity index is 525. The summed E-state index contributed by atoms with van der Waals surface area (Å²) in [6.07, 6.45) is -3.36. The number of aromatic amines is 1. The van der Waals surface area contributed by atoms with E-state index in [4.69, 9.17) is 0 Å². The SMILES string of the molecule is O=c1[nH]c(C(F)(F)F)nn2cccc12. The fourth-order valence-electron chi connectivity index (χ4n) is 1.07. The molecular formula is C7H4F3N3O. The van der Waals surface area contributed by atoms with Gasteiger partial charge in [-0.15, -0.1) is 5.10 Å². The Hall–Kier alpha value is -1.79. The van der Waals surface area contributed by atoms with E-state index in [-0.39, 0.29) is 5.52 Å². The summed E-state index contributed by atoms with van der Waals surface area (Å²) in [5.74, 6) is -1.30. The van der Waals surface area contributed by atoms with Crippen LogP contribution in [0.1, 0.15) is 5.82 Å². The minimum Gasteiger partial charge on any atom is -0.300 e. The van der Waals surface area contributed by atoms with Gasteiger partial charge in [0.05, 0.1) is 0 Å². The zero-order valence-electron chi connectivity index (χ0n) is 6.67. The van der Waals surface area contributed by atoms with E-state index in [2.05, 4.69) is 5.10 Å². The minimum absolute atomic E-state index is 0.0815. The molecule has 0 spiro atoms. The molecule has 2 rings (SSSR count). The molecule has 1 N–H and O–H groups in total. The molecule has 0 amide bonds. The molecule has 0 fully saturated rings. The Morgan fingerprint density at radius 2 is 2.14 bits per heavy atom. The molecule has 0 radical (unpaired) electrons. The maximum absolute atomic E-state index is 12.2. The predicted octanol–water partition coefficient (Wildman–Crippen LogP) is 1.04. The number of H-pyrrole nitrogens is 1. The predicted molar refractivity (Wildman–Crippen MR) is 40.8 cm³/mol. The van der Waals surface area contributed by atoms with Crippen LogP contribution >= 0.6 is 0 Å². The third kappa shape index (κ3) is 1.26. The molecule has 0 saturated carbocycles. The molecule has 0 unspecified atom stereocenters. The van der Waals surface area contributed by atoms with Crippen LogP contribution < -0.4 is 5.56 Å². The first-order valence-electron chi connectivity index (χ1n) is 3.63. The Morgan fingerprint density at radius 3 is 2.79 bits per heavy atom. The molecule has 0 aliphatic carbocycles. The first-order valence-corrected chi connectivity index (χ1v) is 3.63. The van der Waals surface area contributed by atoms with E-state index < -0.39 is 17.6 Å². The molecule has 0 aliphatic heterocycles. The normalized spacial score (nSPS) is 12.2. The van der Waals surface area contributed by atoms with Crippen LogP contribution in [0.2, 0.25) is 0 Å². The van der Waals surface area contributed by atoms with Crippen LogP contribution in [0.25, 0.3) is 5.52 Å².